The van der Waals surface area contributed by atoms with Crippen LogP contribution in [-0.2, 0) is 12.8 Å². The van der Waals surface area contributed by atoms with Crippen molar-refractivity contribution in [2.75, 3.05) is 11.9 Å². The smallest absolute Gasteiger partial charge is 0.182 e. The molecule has 1 aromatic carbocycles. The second-order valence-electron chi connectivity index (χ2n) is 3.91. The molecule has 5 heteroatoms. The molecule has 1 heterocycles. The molecule has 2 aromatic rings. The van der Waals surface area contributed by atoms with E-state index >= 15 is 0 Å². The largest absolute Gasteiger partial charge is 0.361 e. The number of anilines is 1. The van der Waals surface area contributed by atoms with E-state index in [1.807, 2.05) is 12.1 Å². The highest BCUT2D eigenvalue weighted by molar-refractivity contribution is 7.13. The van der Waals surface area contributed by atoms with Crippen LogP contribution in [0.15, 0.2) is 23.6 Å². The molecule has 0 aliphatic heterocycles. The van der Waals surface area contributed by atoms with Crippen LogP contribution in [0.1, 0.15) is 18.2 Å². The molecule has 0 bridgehead atoms. The number of aromatic nitrogens is 1. The molecule has 0 fully saturated rings. The van der Waals surface area contributed by atoms with E-state index in [0.29, 0.717) is 5.02 Å². The van der Waals surface area contributed by atoms with Crippen LogP contribution >= 0.6 is 34.5 Å². The van der Waals surface area contributed by atoms with E-state index in [4.69, 9.17) is 23.2 Å². The van der Waals surface area contributed by atoms with Crippen LogP contribution in [0.3, 0.4) is 0 Å². The van der Waals surface area contributed by atoms with Crippen molar-refractivity contribution in [3.63, 3.8) is 0 Å². The fourth-order valence-corrected chi connectivity index (χ4v) is 2.90. The minimum Gasteiger partial charge on any atom is -0.361 e. The van der Waals surface area contributed by atoms with Gasteiger partial charge in [-0.05, 0) is 30.5 Å². The van der Waals surface area contributed by atoms with Gasteiger partial charge in [-0.15, -0.1) is 11.3 Å². The number of hydrogen-bond acceptors (Lipinski definition) is 3. The number of nitrogens with zero attached hydrogens (tertiary/aromatic N) is 1. The molecule has 0 aliphatic carbocycles. The highest BCUT2D eigenvalue weighted by Crippen LogP contribution is 2.22. The first-order valence-electron chi connectivity index (χ1n) is 5.81. The Morgan fingerprint density at radius 3 is 2.83 bits per heavy atom. The quantitative estimate of drug-likeness (QED) is 0.868. The summed E-state index contributed by atoms with van der Waals surface area (Å²) in [7, 11) is 0. The second kappa shape index (κ2) is 6.41. The Labute approximate surface area is 121 Å². The van der Waals surface area contributed by atoms with Gasteiger partial charge in [0, 0.05) is 22.0 Å². The summed E-state index contributed by atoms with van der Waals surface area (Å²) in [6.07, 6.45) is 1.83. The van der Waals surface area contributed by atoms with Crippen LogP contribution in [0.4, 0.5) is 5.13 Å². The third-order valence-corrected chi connectivity index (χ3v) is 4.04. The van der Waals surface area contributed by atoms with Crippen molar-refractivity contribution in [2.24, 2.45) is 0 Å². The van der Waals surface area contributed by atoms with Gasteiger partial charge in [0.15, 0.2) is 5.13 Å². The van der Waals surface area contributed by atoms with Crippen LogP contribution < -0.4 is 5.32 Å². The summed E-state index contributed by atoms with van der Waals surface area (Å²) in [6, 6.07) is 5.60. The molecule has 1 N–H and O–H groups in total. The standard InChI is InChI=1S/C13H14Cl2N2S/c1-2-11-8-18-13(17-11)16-6-5-9-3-4-10(14)7-12(9)15/h3-4,7-8H,2,5-6H2,1H3,(H,16,17). The number of rotatable bonds is 5. The van der Waals surface area contributed by atoms with Crippen molar-refractivity contribution in [3.8, 4) is 0 Å². The second-order valence-corrected chi connectivity index (χ2v) is 5.61. The minimum atomic E-state index is 0.671. The van der Waals surface area contributed by atoms with Crippen molar-refractivity contribution in [1.82, 2.24) is 4.98 Å². The summed E-state index contributed by atoms with van der Waals surface area (Å²) in [5, 5.41) is 7.75. The van der Waals surface area contributed by atoms with Crippen molar-refractivity contribution in [2.45, 2.75) is 19.8 Å². The molecule has 0 atom stereocenters. The maximum atomic E-state index is 6.11. The Morgan fingerprint density at radius 1 is 1.33 bits per heavy atom. The normalized spacial score (nSPS) is 10.6. The lowest BCUT2D eigenvalue weighted by Gasteiger charge is -2.05. The summed E-state index contributed by atoms with van der Waals surface area (Å²) in [5.74, 6) is 0. The topological polar surface area (TPSA) is 24.9 Å². The summed E-state index contributed by atoms with van der Waals surface area (Å²) in [5.41, 5.74) is 2.23. The summed E-state index contributed by atoms with van der Waals surface area (Å²) >= 11 is 13.6. The van der Waals surface area contributed by atoms with Gasteiger partial charge in [0.1, 0.15) is 0 Å². The highest BCUT2D eigenvalue weighted by atomic mass is 35.5. The third-order valence-electron chi connectivity index (χ3n) is 2.60. The first kappa shape index (κ1) is 13.7. The van der Waals surface area contributed by atoms with E-state index in [1.54, 1.807) is 17.4 Å². The van der Waals surface area contributed by atoms with Crippen molar-refractivity contribution < 1.29 is 0 Å². The molecule has 0 saturated carbocycles. The van der Waals surface area contributed by atoms with Gasteiger partial charge >= 0.3 is 0 Å². The molecule has 2 nitrogen and oxygen atoms in total. The number of benzene rings is 1. The lowest BCUT2D eigenvalue weighted by atomic mass is 10.1. The summed E-state index contributed by atoms with van der Waals surface area (Å²) in [6.45, 7) is 2.92. The predicted molar refractivity (Wildman–Crippen MR) is 80.1 cm³/mol. The molecule has 2 rings (SSSR count). The molecular formula is C13H14Cl2N2S. The Morgan fingerprint density at radius 2 is 2.17 bits per heavy atom. The average molecular weight is 301 g/mol. The van der Waals surface area contributed by atoms with E-state index in [0.717, 1.165) is 40.8 Å². The van der Waals surface area contributed by atoms with Gasteiger partial charge < -0.3 is 5.32 Å². The van der Waals surface area contributed by atoms with E-state index in [1.165, 1.54) is 0 Å². The molecular weight excluding hydrogens is 287 g/mol. The highest BCUT2D eigenvalue weighted by Gasteiger charge is 2.03. The number of nitrogens with one attached hydrogen (secondary N) is 1. The number of aryl methyl sites for hydroxylation is 1. The zero-order chi connectivity index (χ0) is 13.0. The van der Waals surface area contributed by atoms with Crippen LogP contribution in [0, 0.1) is 0 Å². The van der Waals surface area contributed by atoms with Crippen LogP contribution in [-0.4, -0.2) is 11.5 Å². The fraction of sp³-hybridized carbons (Fsp3) is 0.308. The molecule has 0 aliphatic rings. The van der Waals surface area contributed by atoms with Gasteiger partial charge in [-0.1, -0.05) is 36.2 Å². The Balaban J connectivity index is 1.88. The van der Waals surface area contributed by atoms with Gasteiger partial charge in [0.25, 0.3) is 0 Å². The maximum Gasteiger partial charge on any atom is 0.182 e. The van der Waals surface area contributed by atoms with Crippen molar-refractivity contribution >= 4 is 39.7 Å². The van der Waals surface area contributed by atoms with Crippen molar-refractivity contribution in [3.05, 3.63) is 44.9 Å². The van der Waals surface area contributed by atoms with Gasteiger partial charge in [0.05, 0.1) is 5.69 Å². The molecule has 1 aromatic heterocycles. The number of thiazole rings is 1. The maximum absolute atomic E-state index is 6.11. The first-order valence-corrected chi connectivity index (χ1v) is 7.45. The summed E-state index contributed by atoms with van der Waals surface area (Å²) < 4.78 is 0. The fourth-order valence-electron chi connectivity index (χ4n) is 1.58. The van der Waals surface area contributed by atoms with Crippen LogP contribution in [0.5, 0.6) is 0 Å². The lowest BCUT2D eigenvalue weighted by molar-refractivity contribution is 1.00. The van der Waals surface area contributed by atoms with E-state index in [2.05, 4.69) is 22.6 Å². The number of hydrogen-bond donors (Lipinski definition) is 1. The molecule has 0 radical (unpaired) electrons. The Bertz CT molecular complexity index is 525. The molecule has 0 amide bonds. The van der Waals surface area contributed by atoms with Gasteiger partial charge in [-0.3, -0.25) is 0 Å². The monoisotopic (exact) mass is 300 g/mol. The zero-order valence-electron chi connectivity index (χ0n) is 10.0. The van der Waals surface area contributed by atoms with Crippen LogP contribution in [0.2, 0.25) is 10.0 Å². The van der Waals surface area contributed by atoms with Gasteiger partial charge in [-0.2, -0.15) is 0 Å². The van der Waals surface area contributed by atoms with Gasteiger partial charge in [-0.25, -0.2) is 4.98 Å². The van der Waals surface area contributed by atoms with Crippen LogP contribution in [0.25, 0.3) is 0 Å². The molecule has 96 valence electrons. The van der Waals surface area contributed by atoms with E-state index in [9.17, 15) is 0 Å². The minimum absolute atomic E-state index is 0.671. The average Bonchev–Trinajstić information content (AvgIpc) is 2.80. The Kier molecular flexibility index (Phi) is 4.87. The molecule has 0 unspecified atom stereocenters. The zero-order valence-corrected chi connectivity index (χ0v) is 12.4. The lowest BCUT2D eigenvalue weighted by Crippen LogP contribution is -2.05. The van der Waals surface area contributed by atoms with Gasteiger partial charge in [0.2, 0.25) is 0 Å². The van der Waals surface area contributed by atoms with E-state index in [-0.39, 0.29) is 0 Å². The third kappa shape index (κ3) is 3.61. The summed E-state index contributed by atoms with van der Waals surface area (Å²) in [4.78, 5) is 4.45. The Hall–Kier alpha value is -0.770. The number of halogens is 2. The SMILES string of the molecule is CCc1csc(NCCc2ccc(Cl)cc2Cl)n1. The molecule has 18 heavy (non-hydrogen) atoms. The first-order chi connectivity index (χ1) is 8.69. The molecule has 0 saturated heterocycles. The predicted octanol–water partition coefficient (Wildman–Crippen LogP) is 4.67. The van der Waals surface area contributed by atoms with E-state index < -0.39 is 0 Å². The van der Waals surface area contributed by atoms with Crippen molar-refractivity contribution in [1.29, 1.82) is 0 Å². The molecule has 0 spiro atoms.